The number of rotatable bonds is 8. The smallest absolute Gasteiger partial charge is 0.416 e. The molecule has 34 heavy (non-hydrogen) atoms. The molecular weight excluding hydrogens is 479 g/mol. The van der Waals surface area contributed by atoms with Crippen LogP contribution in [0.3, 0.4) is 0 Å². The maximum atomic E-state index is 12.9. The van der Waals surface area contributed by atoms with Crippen LogP contribution in [0, 0.1) is 0 Å². The molecule has 0 atom stereocenters. The van der Waals surface area contributed by atoms with E-state index in [2.05, 4.69) is 16.7 Å². The number of carbonyl (C=O) groups excluding carboxylic acids is 1. The molecule has 0 aliphatic rings. The molecule has 1 aromatic heterocycles. The summed E-state index contributed by atoms with van der Waals surface area (Å²) in [5.41, 5.74) is 0.123. The second-order valence-electron chi connectivity index (χ2n) is 7.05. The molecule has 3 aromatic rings. The summed E-state index contributed by atoms with van der Waals surface area (Å²) >= 11 is 6.19. The molecule has 0 aliphatic heterocycles. The number of hydrogen-bond donors (Lipinski definition) is 1. The first kappa shape index (κ1) is 24.8. The summed E-state index contributed by atoms with van der Waals surface area (Å²) in [6, 6.07) is 7.51. The highest BCUT2D eigenvalue weighted by molar-refractivity contribution is 6.32. The third-order valence-electron chi connectivity index (χ3n) is 4.52. The van der Waals surface area contributed by atoms with Crippen molar-refractivity contribution >= 4 is 29.6 Å². The minimum atomic E-state index is -4.50. The van der Waals surface area contributed by atoms with Gasteiger partial charge in [0.25, 0.3) is 17.6 Å². The zero-order valence-corrected chi connectivity index (χ0v) is 18.4. The van der Waals surface area contributed by atoms with Gasteiger partial charge in [-0.15, -0.1) is 0 Å². The lowest BCUT2D eigenvalue weighted by Crippen LogP contribution is -2.27. The van der Waals surface area contributed by atoms with Gasteiger partial charge in [0.05, 0.1) is 10.6 Å². The van der Waals surface area contributed by atoms with Gasteiger partial charge in [0, 0.05) is 24.7 Å². The Hall–Kier alpha value is -3.86. The van der Waals surface area contributed by atoms with Crippen LogP contribution in [0.2, 0.25) is 5.02 Å². The number of alkyl halides is 3. The van der Waals surface area contributed by atoms with Crippen molar-refractivity contribution in [1.82, 2.24) is 15.0 Å². The molecule has 1 amide bonds. The number of benzene rings is 2. The number of hydrogen-bond acceptors (Lipinski definition) is 6. The van der Waals surface area contributed by atoms with E-state index in [9.17, 15) is 22.8 Å². The number of carboxylic acids is 1. The zero-order valence-electron chi connectivity index (χ0n) is 17.6. The molecule has 2 aromatic carbocycles. The number of aromatic nitrogens is 2. The topological polar surface area (TPSA) is 106 Å². The number of carboxylic acid groups (broad SMARTS) is 1. The van der Waals surface area contributed by atoms with E-state index in [-0.39, 0.29) is 34.6 Å². The van der Waals surface area contributed by atoms with Crippen LogP contribution in [0.1, 0.15) is 27.3 Å². The van der Waals surface area contributed by atoms with Crippen LogP contribution in [0.15, 0.2) is 47.5 Å². The van der Waals surface area contributed by atoms with E-state index >= 15 is 0 Å². The molecule has 0 radical (unpaired) electrons. The monoisotopic (exact) mass is 495 g/mol. The van der Waals surface area contributed by atoms with Crippen LogP contribution in [-0.2, 0) is 17.5 Å². The van der Waals surface area contributed by atoms with Crippen molar-refractivity contribution in [2.24, 2.45) is 0 Å². The Morgan fingerprint density at radius 3 is 2.68 bits per heavy atom. The van der Waals surface area contributed by atoms with Gasteiger partial charge in [-0.1, -0.05) is 41.5 Å². The minimum absolute atomic E-state index is 0.0568. The van der Waals surface area contributed by atoms with E-state index in [1.54, 1.807) is 0 Å². The van der Waals surface area contributed by atoms with Crippen molar-refractivity contribution in [3.8, 4) is 17.2 Å². The average Bonchev–Trinajstić information content (AvgIpc) is 3.27. The lowest BCUT2D eigenvalue weighted by Gasteiger charge is -2.16. The fraction of sp³-hybridized carbons (Fsp3) is 0.182. The highest BCUT2D eigenvalue weighted by Crippen LogP contribution is 2.35. The fourth-order valence-electron chi connectivity index (χ4n) is 2.97. The number of carbonyl (C=O) groups is 2. The maximum Gasteiger partial charge on any atom is 0.416 e. The van der Waals surface area contributed by atoms with Gasteiger partial charge >= 0.3 is 12.1 Å². The van der Waals surface area contributed by atoms with Crippen molar-refractivity contribution in [2.75, 3.05) is 13.7 Å². The average molecular weight is 496 g/mol. The van der Waals surface area contributed by atoms with Crippen LogP contribution in [0.5, 0.6) is 5.75 Å². The Kier molecular flexibility index (Phi) is 7.26. The lowest BCUT2D eigenvalue weighted by atomic mass is 10.1. The molecule has 0 saturated carbocycles. The van der Waals surface area contributed by atoms with Crippen molar-refractivity contribution in [2.45, 2.75) is 12.7 Å². The molecule has 178 valence electrons. The molecule has 0 unspecified atom stereocenters. The summed E-state index contributed by atoms with van der Waals surface area (Å²) in [5, 5.41) is 12.5. The van der Waals surface area contributed by atoms with Gasteiger partial charge in [0.1, 0.15) is 5.75 Å². The molecule has 8 nitrogen and oxygen atoms in total. The van der Waals surface area contributed by atoms with Crippen LogP contribution in [0.4, 0.5) is 13.2 Å². The Balaban J connectivity index is 1.79. The predicted molar refractivity (Wildman–Crippen MR) is 115 cm³/mol. The lowest BCUT2D eigenvalue weighted by molar-refractivity contribution is -0.139. The third-order valence-corrected chi connectivity index (χ3v) is 4.80. The second-order valence-corrected chi connectivity index (χ2v) is 7.45. The molecule has 0 aliphatic carbocycles. The van der Waals surface area contributed by atoms with Gasteiger partial charge in [-0.25, -0.2) is 4.79 Å². The Bertz CT molecular complexity index is 1240. The molecule has 12 heteroatoms. The van der Waals surface area contributed by atoms with Crippen molar-refractivity contribution < 1.29 is 37.1 Å². The van der Waals surface area contributed by atoms with Gasteiger partial charge in [0.15, 0.2) is 6.61 Å². The zero-order chi connectivity index (χ0) is 25.0. The van der Waals surface area contributed by atoms with Crippen LogP contribution < -0.4 is 4.74 Å². The first-order chi connectivity index (χ1) is 16.0. The molecule has 0 saturated heterocycles. The van der Waals surface area contributed by atoms with Gasteiger partial charge in [-0.3, -0.25) is 4.79 Å². The normalized spacial score (nSPS) is 11.2. The highest BCUT2D eigenvalue weighted by atomic mass is 35.5. The SMILES string of the molecule is C=Cc1cc(-c2nc(C(=O)N(C)Cc3cccc(C(F)(F)F)c3)no2)cc(Cl)c1OCC(=O)O. The van der Waals surface area contributed by atoms with E-state index in [1.165, 1.54) is 37.4 Å². The van der Waals surface area contributed by atoms with Crippen molar-refractivity contribution in [1.29, 1.82) is 0 Å². The number of ether oxygens (including phenoxy) is 1. The predicted octanol–water partition coefficient (Wildman–Crippen LogP) is 4.79. The van der Waals surface area contributed by atoms with E-state index < -0.39 is 30.2 Å². The third kappa shape index (κ3) is 5.73. The van der Waals surface area contributed by atoms with Gasteiger partial charge in [0.2, 0.25) is 0 Å². The summed E-state index contributed by atoms with van der Waals surface area (Å²) in [4.78, 5) is 28.6. The maximum absolute atomic E-state index is 12.9. The summed E-state index contributed by atoms with van der Waals surface area (Å²) in [6.45, 7) is 2.90. The van der Waals surface area contributed by atoms with Crippen molar-refractivity contribution in [3.63, 3.8) is 0 Å². The quantitative estimate of drug-likeness (QED) is 0.479. The van der Waals surface area contributed by atoms with Gasteiger partial charge in [-0.05, 0) is 29.8 Å². The second kappa shape index (κ2) is 9.96. The summed E-state index contributed by atoms with van der Waals surface area (Å²) in [7, 11) is 1.39. The molecule has 0 fully saturated rings. The van der Waals surface area contributed by atoms with E-state index in [1.807, 2.05) is 0 Å². The molecule has 3 rings (SSSR count). The molecule has 1 N–H and O–H groups in total. The van der Waals surface area contributed by atoms with Gasteiger partial charge in [-0.2, -0.15) is 18.2 Å². The van der Waals surface area contributed by atoms with E-state index in [0.29, 0.717) is 11.1 Å². The summed E-state index contributed by atoms with van der Waals surface area (Å²) in [6.07, 6.45) is -3.11. The largest absolute Gasteiger partial charge is 0.480 e. The standard InChI is InChI=1S/C22H17ClF3N3O5/c1-3-13-8-14(9-16(23)18(13)33-11-17(30)31)20-27-19(28-34-20)21(32)29(2)10-12-5-4-6-15(7-12)22(24,25)26/h3-9H,1,10-11H2,2H3,(H,30,31). The fourth-order valence-corrected chi connectivity index (χ4v) is 3.25. The van der Waals surface area contributed by atoms with Crippen LogP contribution >= 0.6 is 11.6 Å². The number of amides is 1. The highest BCUT2D eigenvalue weighted by Gasteiger charge is 2.30. The first-order valence-corrected chi connectivity index (χ1v) is 9.93. The summed E-state index contributed by atoms with van der Waals surface area (Å²) < 4.78 is 49.1. The van der Waals surface area contributed by atoms with E-state index in [4.69, 9.17) is 26.0 Å². The molecular formula is C22H17ClF3N3O5. The van der Waals surface area contributed by atoms with Crippen molar-refractivity contribution in [3.05, 3.63) is 70.5 Å². The molecule has 1 heterocycles. The van der Waals surface area contributed by atoms with E-state index in [0.717, 1.165) is 17.0 Å². The number of nitrogens with zero attached hydrogens (tertiary/aromatic N) is 3. The minimum Gasteiger partial charge on any atom is -0.480 e. The first-order valence-electron chi connectivity index (χ1n) is 9.56. The summed E-state index contributed by atoms with van der Waals surface area (Å²) in [5.74, 6) is -2.15. The Labute approximate surface area is 196 Å². The molecule has 0 bridgehead atoms. The van der Waals surface area contributed by atoms with Crippen LogP contribution in [-0.4, -0.2) is 45.7 Å². The van der Waals surface area contributed by atoms with Crippen LogP contribution in [0.25, 0.3) is 17.5 Å². The Morgan fingerprint density at radius 1 is 1.29 bits per heavy atom. The number of aliphatic carboxylic acids is 1. The number of halogens is 4. The van der Waals surface area contributed by atoms with Gasteiger partial charge < -0.3 is 19.3 Å². The Morgan fingerprint density at radius 2 is 2.03 bits per heavy atom. The molecule has 0 spiro atoms.